The number of aromatic nitrogens is 1. The third kappa shape index (κ3) is 8.54. The molecule has 0 atom stereocenters. The number of esters is 1. The zero-order chi connectivity index (χ0) is 24.6. The van der Waals surface area contributed by atoms with Gasteiger partial charge in [0.2, 0.25) is 15.9 Å². The maximum atomic E-state index is 12.2. The lowest BCUT2D eigenvalue weighted by Gasteiger charge is -2.05. The molecule has 1 heterocycles. The van der Waals surface area contributed by atoms with E-state index < -0.39 is 22.5 Å². The van der Waals surface area contributed by atoms with Crippen molar-refractivity contribution in [2.45, 2.75) is 26.9 Å². The van der Waals surface area contributed by atoms with Crippen molar-refractivity contribution >= 4 is 45.0 Å². The van der Waals surface area contributed by atoms with Crippen LogP contribution in [0.3, 0.4) is 0 Å². The molecule has 2 aromatic carbocycles. The first-order valence-corrected chi connectivity index (χ1v) is 12.8. The Morgan fingerprint density at radius 2 is 1.68 bits per heavy atom. The van der Waals surface area contributed by atoms with Crippen LogP contribution in [0.1, 0.15) is 27.4 Å². The maximum absolute atomic E-state index is 12.2. The predicted octanol–water partition coefficient (Wildman–Crippen LogP) is 3.57. The number of anilines is 1. The van der Waals surface area contributed by atoms with Crippen LogP contribution in [0.25, 0.3) is 6.08 Å². The summed E-state index contributed by atoms with van der Waals surface area (Å²) in [6.07, 6.45) is 1.54. The minimum absolute atomic E-state index is 0.0968. The van der Waals surface area contributed by atoms with Gasteiger partial charge in [-0.3, -0.25) is 9.59 Å². The molecule has 0 bridgehead atoms. The second-order valence-electron chi connectivity index (χ2n) is 7.56. The number of carbonyl (C=O) groups excluding carboxylic acids is 2. The molecule has 0 saturated carbocycles. The Hall–Kier alpha value is -3.34. The molecule has 34 heavy (non-hydrogen) atoms. The molecule has 3 aromatic rings. The molecule has 0 aliphatic heterocycles. The zero-order valence-corrected chi connectivity index (χ0v) is 20.4. The van der Waals surface area contributed by atoms with Crippen LogP contribution in [0.2, 0.25) is 0 Å². The number of hydrogen-bond acceptors (Lipinski definition) is 7. The van der Waals surface area contributed by atoms with Gasteiger partial charge in [-0.05, 0) is 37.6 Å². The van der Waals surface area contributed by atoms with Gasteiger partial charge in [0.05, 0.1) is 12.1 Å². The second-order valence-corrected chi connectivity index (χ2v) is 10.2. The lowest BCUT2D eigenvalue weighted by atomic mass is 10.2. The highest BCUT2D eigenvalue weighted by molar-refractivity contribution is 7.92. The molecule has 10 heteroatoms. The van der Waals surface area contributed by atoms with Gasteiger partial charge < -0.3 is 10.1 Å². The lowest BCUT2D eigenvalue weighted by molar-refractivity contribution is -0.143. The van der Waals surface area contributed by atoms with E-state index in [1.165, 1.54) is 17.4 Å². The van der Waals surface area contributed by atoms with Crippen molar-refractivity contribution in [1.82, 2.24) is 9.71 Å². The monoisotopic (exact) mass is 499 g/mol. The van der Waals surface area contributed by atoms with Crippen molar-refractivity contribution < 1.29 is 22.7 Å². The molecule has 1 amide bonds. The average Bonchev–Trinajstić information content (AvgIpc) is 3.24. The van der Waals surface area contributed by atoms with E-state index in [0.29, 0.717) is 16.4 Å². The van der Waals surface area contributed by atoms with E-state index >= 15 is 0 Å². The van der Waals surface area contributed by atoms with E-state index in [-0.39, 0.29) is 18.9 Å². The van der Waals surface area contributed by atoms with E-state index in [4.69, 9.17) is 4.74 Å². The molecule has 0 aliphatic rings. The highest BCUT2D eigenvalue weighted by atomic mass is 32.2. The molecule has 0 spiro atoms. The highest BCUT2D eigenvalue weighted by Crippen LogP contribution is 2.14. The van der Waals surface area contributed by atoms with Gasteiger partial charge in [0.15, 0.2) is 0 Å². The summed E-state index contributed by atoms with van der Waals surface area (Å²) in [6.45, 7) is 3.29. The molecule has 1 aromatic heterocycles. The van der Waals surface area contributed by atoms with Gasteiger partial charge in [0, 0.05) is 16.5 Å². The van der Waals surface area contributed by atoms with Crippen molar-refractivity contribution in [1.29, 1.82) is 0 Å². The summed E-state index contributed by atoms with van der Waals surface area (Å²) in [5.74, 6) is -0.936. The van der Waals surface area contributed by atoms with Crippen LogP contribution < -0.4 is 10.0 Å². The summed E-state index contributed by atoms with van der Waals surface area (Å²) in [7, 11) is -3.79. The van der Waals surface area contributed by atoms with Crippen molar-refractivity contribution in [2.75, 3.05) is 11.9 Å². The van der Waals surface area contributed by atoms with Crippen molar-refractivity contribution in [3.05, 3.63) is 86.7 Å². The standard InChI is InChI=1S/C24H25N3O5S2/c1-17-3-7-19(8-4-17)11-12-34(30,31)25-14-24(29)32-15-21-16-33-23(27-21)13-22(28)26-20-9-5-18(2)6-10-20/h3-12,16,25H,13-15H2,1-2H3,(H,26,28)/b12-11+. The number of hydrogen-bond donors (Lipinski definition) is 2. The Bertz CT molecular complexity index is 1260. The molecule has 3 rings (SSSR count). The van der Waals surface area contributed by atoms with Crippen molar-refractivity contribution in [3.8, 4) is 0 Å². The number of nitrogens with one attached hydrogen (secondary N) is 2. The van der Waals surface area contributed by atoms with Crippen LogP contribution in [0.5, 0.6) is 0 Å². The number of benzene rings is 2. The fourth-order valence-electron chi connectivity index (χ4n) is 2.73. The summed E-state index contributed by atoms with van der Waals surface area (Å²) in [5, 5.41) is 6.07. The summed E-state index contributed by atoms with van der Waals surface area (Å²) in [4.78, 5) is 28.4. The second kappa shape index (κ2) is 11.7. The number of thiazole rings is 1. The Morgan fingerprint density at radius 3 is 2.35 bits per heavy atom. The number of rotatable bonds is 10. The number of nitrogens with zero attached hydrogens (tertiary/aromatic N) is 1. The predicted molar refractivity (Wildman–Crippen MR) is 133 cm³/mol. The van der Waals surface area contributed by atoms with Gasteiger partial charge in [-0.1, -0.05) is 47.5 Å². The largest absolute Gasteiger partial charge is 0.458 e. The molecule has 0 aliphatic carbocycles. The van der Waals surface area contributed by atoms with E-state index in [0.717, 1.165) is 22.1 Å². The van der Waals surface area contributed by atoms with Gasteiger partial charge >= 0.3 is 5.97 Å². The molecule has 0 unspecified atom stereocenters. The topological polar surface area (TPSA) is 114 Å². The Kier molecular flexibility index (Phi) is 8.69. The Labute approximate surface area is 202 Å². The van der Waals surface area contributed by atoms with Crippen LogP contribution in [0, 0.1) is 13.8 Å². The molecule has 8 nitrogen and oxygen atoms in total. The van der Waals surface area contributed by atoms with Crippen LogP contribution >= 0.6 is 11.3 Å². The van der Waals surface area contributed by atoms with Gasteiger partial charge in [0.1, 0.15) is 18.2 Å². The maximum Gasteiger partial charge on any atom is 0.321 e. The first-order valence-electron chi connectivity index (χ1n) is 10.4. The van der Waals surface area contributed by atoms with Crippen molar-refractivity contribution in [3.63, 3.8) is 0 Å². The van der Waals surface area contributed by atoms with Crippen LogP contribution in [-0.2, 0) is 37.4 Å². The molecule has 2 N–H and O–H groups in total. The van der Waals surface area contributed by atoms with E-state index in [1.807, 2.05) is 50.2 Å². The molecule has 0 saturated heterocycles. The summed E-state index contributed by atoms with van der Waals surface area (Å²) in [6, 6.07) is 14.8. The van der Waals surface area contributed by atoms with Gasteiger partial charge in [-0.25, -0.2) is 18.1 Å². The minimum Gasteiger partial charge on any atom is -0.458 e. The smallest absolute Gasteiger partial charge is 0.321 e. The SMILES string of the molecule is Cc1ccc(/C=C/S(=O)(=O)NCC(=O)OCc2csc(CC(=O)Nc3ccc(C)cc3)n2)cc1. The van der Waals surface area contributed by atoms with Gasteiger partial charge in [0.25, 0.3) is 0 Å². The fourth-order valence-corrected chi connectivity index (χ4v) is 4.26. The third-order valence-electron chi connectivity index (χ3n) is 4.56. The minimum atomic E-state index is -3.79. The number of aryl methyl sites for hydroxylation is 2. The lowest BCUT2D eigenvalue weighted by Crippen LogP contribution is -2.29. The van der Waals surface area contributed by atoms with Crippen LogP contribution in [0.15, 0.2) is 59.3 Å². The number of carbonyl (C=O) groups is 2. The normalized spacial score (nSPS) is 11.5. The Balaban J connectivity index is 1.41. The number of sulfonamides is 1. The molecular formula is C24H25N3O5S2. The van der Waals surface area contributed by atoms with E-state index in [9.17, 15) is 18.0 Å². The molecule has 0 fully saturated rings. The molecule has 0 radical (unpaired) electrons. The van der Waals surface area contributed by atoms with Gasteiger partial charge in [-0.2, -0.15) is 0 Å². The first kappa shape index (κ1) is 25.3. The number of amides is 1. The van der Waals surface area contributed by atoms with Gasteiger partial charge in [-0.15, -0.1) is 11.3 Å². The average molecular weight is 500 g/mol. The first-order chi connectivity index (χ1) is 16.2. The van der Waals surface area contributed by atoms with E-state index in [1.54, 1.807) is 17.5 Å². The summed E-state index contributed by atoms with van der Waals surface area (Å²) in [5.41, 5.74) is 4.09. The quantitative estimate of drug-likeness (QED) is 0.412. The van der Waals surface area contributed by atoms with Crippen LogP contribution in [0.4, 0.5) is 5.69 Å². The van der Waals surface area contributed by atoms with Crippen molar-refractivity contribution in [2.24, 2.45) is 0 Å². The molecular weight excluding hydrogens is 474 g/mol. The highest BCUT2D eigenvalue weighted by Gasteiger charge is 2.12. The Morgan fingerprint density at radius 1 is 1.03 bits per heavy atom. The number of ether oxygens (including phenoxy) is 1. The summed E-state index contributed by atoms with van der Waals surface area (Å²) < 4.78 is 31.4. The fraction of sp³-hybridized carbons (Fsp3) is 0.208. The van der Waals surface area contributed by atoms with E-state index in [2.05, 4.69) is 15.0 Å². The zero-order valence-electron chi connectivity index (χ0n) is 18.8. The van der Waals surface area contributed by atoms with Crippen LogP contribution in [-0.4, -0.2) is 31.8 Å². The third-order valence-corrected chi connectivity index (χ3v) is 6.50. The summed E-state index contributed by atoms with van der Waals surface area (Å²) >= 11 is 1.28. The molecule has 178 valence electrons.